The molecule has 0 bridgehead atoms. The first kappa shape index (κ1) is 11.8. The van der Waals surface area contributed by atoms with E-state index >= 15 is 0 Å². The molecule has 3 heteroatoms. The summed E-state index contributed by atoms with van der Waals surface area (Å²) in [7, 11) is 0.205. The van der Waals surface area contributed by atoms with Crippen molar-refractivity contribution >= 4 is 8.61 Å². The second kappa shape index (κ2) is 6.18. The molecule has 0 saturated carbocycles. The van der Waals surface area contributed by atoms with Crippen molar-refractivity contribution in [3.63, 3.8) is 0 Å². The third kappa shape index (κ3) is 3.61. The quantitative estimate of drug-likeness (QED) is 0.534. The van der Waals surface area contributed by atoms with E-state index in [2.05, 4.69) is 0 Å². The fourth-order valence-electron chi connectivity index (χ4n) is 0.782. The fraction of sp³-hybridized carbons (Fsp3) is 1.00. The molecule has 0 aromatic rings. The largest absolute Gasteiger partial charge is 0.256 e. The zero-order valence-electron chi connectivity index (χ0n) is 4.13. The van der Waals surface area contributed by atoms with Crippen LogP contribution in [0.5, 0.6) is 0 Å². The average Bonchev–Trinajstić information content (AvgIpc) is 2.14. The molecule has 56 valence electrons. The van der Waals surface area contributed by atoms with Crippen molar-refractivity contribution in [1.29, 1.82) is 0 Å². The van der Waals surface area contributed by atoms with Crippen LogP contribution in [0.3, 0.4) is 0 Å². The molecular weight excluding hydrogens is 133 g/mol. The molecule has 1 aliphatic heterocycles. The minimum absolute atomic E-state index is 0. The number of hydrogen-bond donors (Lipinski definition) is 0. The molecule has 1 aliphatic rings. The van der Waals surface area contributed by atoms with E-state index in [9.17, 15) is 4.57 Å². The molecule has 0 radical (unpaired) electrons. The van der Waals surface area contributed by atoms with Gasteiger partial charge < -0.3 is 0 Å². The molecule has 0 atom stereocenters. The number of hydrogen-bond acceptors (Lipinski definition) is 1. The van der Waals surface area contributed by atoms with Gasteiger partial charge in [-0.3, -0.25) is 4.57 Å². The molecule has 0 spiro atoms. The molecule has 1 fully saturated rings. The molecular formula is C6H16NOP. The van der Waals surface area contributed by atoms with Crippen LogP contribution in [0.2, 0.25) is 0 Å². The summed E-state index contributed by atoms with van der Waals surface area (Å²) in [5, 5.41) is 0. The SMILES string of the molecule is C.C.O=PN1CCCC1. The fourth-order valence-corrected chi connectivity index (χ4v) is 1.23. The molecule has 0 aliphatic carbocycles. The summed E-state index contributed by atoms with van der Waals surface area (Å²) in [5.41, 5.74) is 0. The van der Waals surface area contributed by atoms with Crippen molar-refractivity contribution < 1.29 is 4.57 Å². The maximum absolute atomic E-state index is 10.0. The second-order valence-corrected chi connectivity index (χ2v) is 2.47. The van der Waals surface area contributed by atoms with Crippen molar-refractivity contribution in [2.24, 2.45) is 0 Å². The number of nitrogens with zero attached hydrogens (tertiary/aromatic N) is 1. The van der Waals surface area contributed by atoms with Gasteiger partial charge in [0.15, 0.2) is 0 Å². The predicted octanol–water partition coefficient (Wildman–Crippen LogP) is 2.56. The highest BCUT2D eigenvalue weighted by Crippen LogP contribution is 2.14. The summed E-state index contributed by atoms with van der Waals surface area (Å²) in [6.07, 6.45) is 2.44. The normalized spacial score (nSPS) is 18.7. The van der Waals surface area contributed by atoms with Crippen molar-refractivity contribution in [2.75, 3.05) is 13.1 Å². The van der Waals surface area contributed by atoms with E-state index in [1.807, 2.05) is 4.67 Å². The number of rotatable bonds is 1. The van der Waals surface area contributed by atoms with Crippen molar-refractivity contribution in [2.45, 2.75) is 27.7 Å². The lowest BCUT2D eigenvalue weighted by Gasteiger charge is -1.97. The van der Waals surface area contributed by atoms with Crippen LogP contribution in [-0.4, -0.2) is 17.8 Å². The monoisotopic (exact) mass is 149 g/mol. The van der Waals surface area contributed by atoms with Crippen LogP contribution < -0.4 is 0 Å². The van der Waals surface area contributed by atoms with Gasteiger partial charge in [-0.2, -0.15) is 0 Å². The third-order valence-electron chi connectivity index (χ3n) is 1.20. The molecule has 0 amide bonds. The molecule has 0 aromatic heterocycles. The van der Waals surface area contributed by atoms with E-state index in [4.69, 9.17) is 0 Å². The average molecular weight is 149 g/mol. The zero-order valence-corrected chi connectivity index (χ0v) is 5.03. The van der Waals surface area contributed by atoms with Crippen LogP contribution >= 0.6 is 8.61 Å². The van der Waals surface area contributed by atoms with Gasteiger partial charge in [0, 0.05) is 13.1 Å². The van der Waals surface area contributed by atoms with Crippen molar-refractivity contribution in [1.82, 2.24) is 4.67 Å². The van der Waals surface area contributed by atoms with E-state index in [-0.39, 0.29) is 23.5 Å². The Balaban J connectivity index is 0. The highest BCUT2D eigenvalue weighted by atomic mass is 31.1. The van der Waals surface area contributed by atoms with Gasteiger partial charge in [-0.15, -0.1) is 0 Å². The first-order valence-corrected chi connectivity index (χ1v) is 3.28. The minimum atomic E-state index is 0. The van der Waals surface area contributed by atoms with Crippen LogP contribution in [0.25, 0.3) is 0 Å². The van der Waals surface area contributed by atoms with E-state index in [1.165, 1.54) is 12.8 Å². The summed E-state index contributed by atoms with van der Waals surface area (Å²) in [4.78, 5) is 0. The van der Waals surface area contributed by atoms with Gasteiger partial charge in [0.05, 0.1) is 0 Å². The van der Waals surface area contributed by atoms with Crippen molar-refractivity contribution in [3.05, 3.63) is 0 Å². The third-order valence-corrected chi connectivity index (χ3v) is 1.83. The summed E-state index contributed by atoms with van der Waals surface area (Å²) in [6.45, 7) is 2.04. The van der Waals surface area contributed by atoms with Crippen molar-refractivity contribution in [3.8, 4) is 0 Å². The Hall–Kier alpha value is 0.0600. The second-order valence-electron chi connectivity index (χ2n) is 1.74. The van der Waals surface area contributed by atoms with Gasteiger partial charge in [-0.05, 0) is 12.8 Å². The molecule has 2 nitrogen and oxygen atoms in total. The maximum atomic E-state index is 10.0. The minimum Gasteiger partial charge on any atom is -0.256 e. The van der Waals surface area contributed by atoms with Gasteiger partial charge >= 0.3 is 0 Å². The van der Waals surface area contributed by atoms with Gasteiger partial charge in [-0.25, -0.2) is 4.67 Å². The van der Waals surface area contributed by atoms with E-state index < -0.39 is 0 Å². The summed E-state index contributed by atoms with van der Waals surface area (Å²) in [6, 6.07) is 0. The summed E-state index contributed by atoms with van der Waals surface area (Å²) >= 11 is 0. The lowest BCUT2D eigenvalue weighted by Crippen LogP contribution is -2.03. The predicted molar refractivity (Wildman–Crippen MR) is 41.9 cm³/mol. The molecule has 1 heterocycles. The van der Waals surface area contributed by atoms with Crippen LogP contribution in [0.1, 0.15) is 27.7 Å². The smallest absolute Gasteiger partial charge is 0.248 e. The lowest BCUT2D eigenvalue weighted by atomic mass is 10.4. The lowest BCUT2D eigenvalue weighted by molar-refractivity contribution is 0.511. The Bertz CT molecular complexity index is 71.5. The van der Waals surface area contributed by atoms with Gasteiger partial charge in [0.1, 0.15) is 0 Å². The topological polar surface area (TPSA) is 20.3 Å². The molecule has 0 N–H and O–H groups in total. The highest BCUT2D eigenvalue weighted by Gasteiger charge is 2.09. The van der Waals surface area contributed by atoms with Gasteiger partial charge in [0.25, 0.3) is 0 Å². The summed E-state index contributed by atoms with van der Waals surface area (Å²) < 4.78 is 11.9. The first-order valence-electron chi connectivity index (χ1n) is 2.52. The van der Waals surface area contributed by atoms with Gasteiger partial charge in [0.2, 0.25) is 8.61 Å². The first-order chi connectivity index (χ1) is 3.43. The molecule has 0 unspecified atom stereocenters. The maximum Gasteiger partial charge on any atom is 0.248 e. The molecule has 9 heavy (non-hydrogen) atoms. The Kier molecular flexibility index (Phi) is 8.11. The highest BCUT2D eigenvalue weighted by molar-refractivity contribution is 7.20. The molecule has 1 saturated heterocycles. The molecule has 1 rings (SSSR count). The van der Waals surface area contributed by atoms with Gasteiger partial charge in [-0.1, -0.05) is 14.9 Å². The van der Waals surface area contributed by atoms with Crippen LogP contribution in [0.15, 0.2) is 0 Å². The Morgan fingerprint density at radius 1 is 1.11 bits per heavy atom. The zero-order chi connectivity index (χ0) is 5.11. The van der Waals surface area contributed by atoms with E-state index in [0.29, 0.717) is 0 Å². The van der Waals surface area contributed by atoms with E-state index in [0.717, 1.165) is 13.1 Å². The Morgan fingerprint density at radius 3 is 1.78 bits per heavy atom. The summed E-state index contributed by atoms with van der Waals surface area (Å²) in [5.74, 6) is 0. The standard InChI is InChI=1S/C4H8NOP.2CH4/c6-7-5-3-1-2-4-5;;/h1-4H2;2*1H4. The molecule has 0 aromatic carbocycles. The Labute approximate surface area is 59.5 Å². The van der Waals surface area contributed by atoms with Crippen LogP contribution in [0.4, 0.5) is 0 Å². The van der Waals surface area contributed by atoms with E-state index in [1.54, 1.807) is 0 Å². The Morgan fingerprint density at radius 2 is 1.56 bits per heavy atom. The van der Waals surface area contributed by atoms with Crippen LogP contribution in [0, 0.1) is 0 Å². The van der Waals surface area contributed by atoms with Crippen LogP contribution in [-0.2, 0) is 4.57 Å².